The molecule has 3 unspecified atom stereocenters. The SMILES string of the molecule is CCCCCCCCCCCCCC/C=C\CCCCCCCCCC(O)CC(=O)NC(CO)C(O)/C=C/CC/C=C/CCCCCCCCCCCCCCC. The van der Waals surface area contributed by atoms with Gasteiger partial charge in [0.2, 0.25) is 5.91 Å². The number of carbonyl (C=O) groups is 1. The van der Waals surface area contributed by atoms with Crippen LogP contribution in [0.4, 0.5) is 0 Å². The van der Waals surface area contributed by atoms with E-state index in [4.69, 9.17) is 0 Å². The lowest BCUT2D eigenvalue weighted by molar-refractivity contribution is -0.124. The molecule has 0 radical (unpaired) electrons. The number of rotatable bonds is 46. The second-order valence-electron chi connectivity index (χ2n) is 17.4. The van der Waals surface area contributed by atoms with Crippen LogP contribution in [0.3, 0.4) is 0 Å². The summed E-state index contributed by atoms with van der Waals surface area (Å²) in [6.45, 7) is 4.22. The van der Waals surface area contributed by atoms with Crippen molar-refractivity contribution in [3.8, 4) is 0 Å². The molecule has 0 fully saturated rings. The fourth-order valence-electron chi connectivity index (χ4n) is 7.76. The maximum absolute atomic E-state index is 12.5. The quantitative estimate of drug-likeness (QED) is 0.0365. The predicted octanol–water partition coefficient (Wildman–Crippen LogP) is 15.1. The Morgan fingerprint density at radius 1 is 0.439 bits per heavy atom. The van der Waals surface area contributed by atoms with E-state index in [9.17, 15) is 20.1 Å². The zero-order valence-electron chi connectivity index (χ0n) is 38.2. The summed E-state index contributed by atoms with van der Waals surface area (Å²) >= 11 is 0. The molecule has 0 aromatic carbocycles. The van der Waals surface area contributed by atoms with E-state index in [1.807, 2.05) is 6.08 Å². The molecule has 0 aromatic rings. The first-order valence-electron chi connectivity index (χ1n) is 25.3. The van der Waals surface area contributed by atoms with Crippen molar-refractivity contribution in [2.45, 2.75) is 283 Å². The number of carbonyl (C=O) groups excluding carboxylic acids is 1. The number of unbranched alkanes of at least 4 members (excludes halogenated alkanes) is 33. The van der Waals surface area contributed by atoms with Crippen LogP contribution in [0.15, 0.2) is 36.5 Å². The van der Waals surface area contributed by atoms with Crippen LogP contribution in [0.5, 0.6) is 0 Å². The van der Waals surface area contributed by atoms with Crippen molar-refractivity contribution < 1.29 is 20.1 Å². The van der Waals surface area contributed by atoms with Gasteiger partial charge in [-0.15, -0.1) is 0 Å². The molecule has 0 heterocycles. The van der Waals surface area contributed by atoms with Gasteiger partial charge in [-0.25, -0.2) is 0 Å². The third-order valence-electron chi connectivity index (χ3n) is 11.6. The minimum atomic E-state index is -0.953. The molecule has 0 aliphatic rings. The van der Waals surface area contributed by atoms with Crippen molar-refractivity contribution in [3.05, 3.63) is 36.5 Å². The Hall–Kier alpha value is -1.43. The molecular weight excluding hydrogens is 703 g/mol. The van der Waals surface area contributed by atoms with E-state index >= 15 is 0 Å². The van der Waals surface area contributed by atoms with Gasteiger partial charge in [0.05, 0.1) is 31.3 Å². The third kappa shape index (κ3) is 44.0. The van der Waals surface area contributed by atoms with Crippen molar-refractivity contribution in [2.24, 2.45) is 0 Å². The molecule has 0 aliphatic heterocycles. The zero-order chi connectivity index (χ0) is 41.5. The average molecular weight is 802 g/mol. The second-order valence-corrected chi connectivity index (χ2v) is 17.4. The van der Waals surface area contributed by atoms with E-state index in [2.05, 4.69) is 43.5 Å². The lowest BCUT2D eigenvalue weighted by Gasteiger charge is -2.21. The van der Waals surface area contributed by atoms with Gasteiger partial charge in [0.25, 0.3) is 0 Å². The minimum Gasteiger partial charge on any atom is -0.394 e. The van der Waals surface area contributed by atoms with E-state index < -0.39 is 18.2 Å². The maximum atomic E-state index is 12.5. The molecule has 0 aliphatic carbocycles. The highest BCUT2D eigenvalue weighted by atomic mass is 16.3. The molecule has 5 nitrogen and oxygen atoms in total. The topological polar surface area (TPSA) is 89.8 Å². The predicted molar refractivity (Wildman–Crippen MR) is 250 cm³/mol. The molecule has 0 saturated carbocycles. The van der Waals surface area contributed by atoms with Gasteiger partial charge < -0.3 is 20.6 Å². The van der Waals surface area contributed by atoms with Crippen molar-refractivity contribution in [1.82, 2.24) is 5.32 Å². The molecule has 1 amide bonds. The van der Waals surface area contributed by atoms with Crippen LogP contribution < -0.4 is 5.32 Å². The number of aliphatic hydroxyl groups excluding tert-OH is 3. The first kappa shape index (κ1) is 55.6. The second kappa shape index (κ2) is 47.3. The van der Waals surface area contributed by atoms with E-state index in [1.54, 1.807) is 6.08 Å². The first-order chi connectivity index (χ1) is 28.0. The summed E-state index contributed by atoms with van der Waals surface area (Å²) in [6.07, 6.45) is 60.2. The van der Waals surface area contributed by atoms with Gasteiger partial charge >= 0.3 is 0 Å². The van der Waals surface area contributed by atoms with Gasteiger partial charge in [-0.1, -0.05) is 237 Å². The summed E-state index contributed by atoms with van der Waals surface area (Å²) < 4.78 is 0. The van der Waals surface area contributed by atoms with Crippen LogP contribution >= 0.6 is 0 Å². The van der Waals surface area contributed by atoms with E-state index in [0.29, 0.717) is 6.42 Å². The fraction of sp³-hybridized carbons (Fsp3) is 0.865. The summed E-state index contributed by atoms with van der Waals surface area (Å²) in [6, 6.07) is -0.762. The number of hydrogen-bond donors (Lipinski definition) is 4. The maximum Gasteiger partial charge on any atom is 0.222 e. The van der Waals surface area contributed by atoms with Crippen LogP contribution in [-0.4, -0.2) is 46.1 Å². The molecule has 5 heteroatoms. The third-order valence-corrected chi connectivity index (χ3v) is 11.6. The first-order valence-corrected chi connectivity index (χ1v) is 25.3. The zero-order valence-corrected chi connectivity index (χ0v) is 38.2. The molecular formula is C52H99NO4. The molecule has 0 bridgehead atoms. The van der Waals surface area contributed by atoms with Crippen LogP contribution in [-0.2, 0) is 4.79 Å². The molecule has 0 spiro atoms. The van der Waals surface area contributed by atoms with Crippen molar-refractivity contribution in [2.75, 3.05) is 6.61 Å². The number of allylic oxidation sites excluding steroid dienone is 5. The fourth-order valence-corrected chi connectivity index (χ4v) is 7.76. The smallest absolute Gasteiger partial charge is 0.222 e. The summed E-state index contributed by atoms with van der Waals surface area (Å²) in [5.74, 6) is -0.326. The van der Waals surface area contributed by atoms with Crippen LogP contribution in [0.2, 0.25) is 0 Å². The molecule has 336 valence electrons. The monoisotopic (exact) mass is 802 g/mol. The summed E-state index contributed by atoms with van der Waals surface area (Å²) in [5.41, 5.74) is 0. The van der Waals surface area contributed by atoms with Crippen LogP contribution in [0.1, 0.15) is 264 Å². The van der Waals surface area contributed by atoms with E-state index in [-0.39, 0.29) is 18.9 Å². The van der Waals surface area contributed by atoms with Crippen LogP contribution in [0, 0.1) is 0 Å². The van der Waals surface area contributed by atoms with Gasteiger partial charge in [0, 0.05) is 0 Å². The van der Waals surface area contributed by atoms with Gasteiger partial charge in [0.1, 0.15) is 0 Å². The van der Waals surface area contributed by atoms with Gasteiger partial charge in [-0.05, 0) is 57.8 Å². The Morgan fingerprint density at radius 2 is 0.754 bits per heavy atom. The Balaban J connectivity index is 3.65. The largest absolute Gasteiger partial charge is 0.394 e. The highest BCUT2D eigenvalue weighted by molar-refractivity contribution is 5.76. The summed E-state index contributed by atoms with van der Waals surface area (Å²) in [5, 5.41) is 33.3. The van der Waals surface area contributed by atoms with Crippen molar-refractivity contribution in [3.63, 3.8) is 0 Å². The van der Waals surface area contributed by atoms with E-state index in [0.717, 1.165) is 32.1 Å². The Bertz CT molecular complexity index is 885. The Labute approximate surface area is 355 Å². The Kier molecular flexibility index (Phi) is 46.1. The van der Waals surface area contributed by atoms with Crippen LogP contribution in [0.25, 0.3) is 0 Å². The average Bonchev–Trinajstić information content (AvgIpc) is 3.20. The number of nitrogens with one attached hydrogen (secondary N) is 1. The van der Waals surface area contributed by atoms with Crippen molar-refractivity contribution in [1.29, 1.82) is 0 Å². The lowest BCUT2D eigenvalue weighted by Crippen LogP contribution is -2.45. The molecule has 57 heavy (non-hydrogen) atoms. The highest BCUT2D eigenvalue weighted by Crippen LogP contribution is 2.16. The Morgan fingerprint density at radius 3 is 1.12 bits per heavy atom. The van der Waals surface area contributed by atoms with Gasteiger partial charge in [0.15, 0.2) is 0 Å². The molecule has 0 rings (SSSR count). The standard InChI is InChI=1S/C52H99NO4/c1-3-5-7-9-11-13-15-17-19-21-23-24-25-26-28-29-31-33-35-37-39-41-43-45-49(55)47-52(57)53-50(48-54)51(56)46-44-42-40-38-36-34-32-30-27-22-20-18-16-14-12-10-8-6-4-2/h26,28,36,38,44,46,49-51,54-56H,3-25,27,29-35,37,39-43,45,47-48H2,1-2H3,(H,53,57)/b28-26-,38-36+,46-44+. The van der Waals surface area contributed by atoms with Gasteiger partial charge in [-0.2, -0.15) is 0 Å². The van der Waals surface area contributed by atoms with Gasteiger partial charge in [-0.3, -0.25) is 4.79 Å². The number of hydrogen-bond acceptors (Lipinski definition) is 4. The summed E-state index contributed by atoms with van der Waals surface area (Å²) in [4.78, 5) is 12.5. The molecule has 3 atom stereocenters. The van der Waals surface area contributed by atoms with E-state index in [1.165, 1.54) is 205 Å². The normalized spacial score (nSPS) is 13.7. The molecule has 0 aromatic heterocycles. The lowest BCUT2D eigenvalue weighted by atomic mass is 10.0. The highest BCUT2D eigenvalue weighted by Gasteiger charge is 2.20. The number of amides is 1. The van der Waals surface area contributed by atoms with Crippen molar-refractivity contribution >= 4 is 5.91 Å². The molecule has 4 N–H and O–H groups in total. The number of aliphatic hydroxyl groups is 3. The summed E-state index contributed by atoms with van der Waals surface area (Å²) in [7, 11) is 0. The molecule has 0 saturated heterocycles. The minimum absolute atomic E-state index is 0.00378.